The van der Waals surface area contributed by atoms with Gasteiger partial charge in [-0.25, -0.2) is 4.98 Å². The number of rotatable bonds is 1. The van der Waals surface area contributed by atoms with E-state index in [-0.39, 0.29) is 0 Å². The van der Waals surface area contributed by atoms with Gasteiger partial charge in [-0.2, -0.15) is 0 Å². The third-order valence-electron chi connectivity index (χ3n) is 2.58. The summed E-state index contributed by atoms with van der Waals surface area (Å²) in [4.78, 5) is 15.2. The molecule has 4 heteroatoms. The van der Waals surface area contributed by atoms with Crippen LogP contribution < -0.4 is 5.32 Å². The Bertz CT molecular complexity index is 376. The Morgan fingerprint density at radius 2 is 2.50 bits per heavy atom. The van der Waals surface area contributed by atoms with E-state index in [1.54, 1.807) is 6.20 Å². The molecule has 0 bridgehead atoms. The molecule has 1 aliphatic heterocycles. The molecule has 0 amide bonds. The predicted molar refractivity (Wildman–Crippen MR) is 52.5 cm³/mol. The van der Waals surface area contributed by atoms with Crippen LogP contribution in [-0.2, 0) is 4.79 Å². The summed E-state index contributed by atoms with van der Waals surface area (Å²) in [5, 5.41) is 12.2. The van der Waals surface area contributed by atoms with Gasteiger partial charge in [0.2, 0.25) is 0 Å². The van der Waals surface area contributed by atoms with Gasteiger partial charge in [0.15, 0.2) is 0 Å². The second-order valence-corrected chi connectivity index (χ2v) is 3.50. The minimum absolute atomic E-state index is 0.403. The summed E-state index contributed by atoms with van der Waals surface area (Å²) >= 11 is 0. The first-order valence-corrected chi connectivity index (χ1v) is 4.62. The van der Waals surface area contributed by atoms with Crippen LogP contribution in [0.25, 0.3) is 0 Å². The van der Waals surface area contributed by atoms with E-state index in [0.29, 0.717) is 13.0 Å². The number of hydrogen-bond donors (Lipinski definition) is 2. The predicted octanol–water partition coefficient (Wildman–Crippen LogP) is 1.37. The highest BCUT2D eigenvalue weighted by molar-refractivity contribution is 5.80. The summed E-state index contributed by atoms with van der Waals surface area (Å²) in [6, 6.07) is 1.85. The Morgan fingerprint density at radius 3 is 3.21 bits per heavy atom. The molecule has 1 aromatic heterocycles. The van der Waals surface area contributed by atoms with E-state index in [2.05, 4.69) is 10.3 Å². The van der Waals surface area contributed by atoms with Gasteiger partial charge in [0.05, 0.1) is 5.92 Å². The van der Waals surface area contributed by atoms with Crippen molar-refractivity contribution in [2.24, 2.45) is 0 Å². The van der Waals surface area contributed by atoms with Gasteiger partial charge in [-0.1, -0.05) is 0 Å². The molecule has 0 aliphatic carbocycles. The summed E-state index contributed by atoms with van der Waals surface area (Å²) < 4.78 is 0. The molecule has 2 N–H and O–H groups in total. The highest BCUT2D eigenvalue weighted by atomic mass is 16.4. The second kappa shape index (κ2) is 3.29. The zero-order valence-electron chi connectivity index (χ0n) is 7.95. The zero-order chi connectivity index (χ0) is 10.1. The minimum atomic E-state index is -0.760. The molecular formula is C10H12N2O2. The lowest BCUT2D eigenvalue weighted by molar-refractivity contribution is -0.139. The number of aliphatic carboxylic acids is 1. The molecule has 0 saturated heterocycles. The number of anilines is 1. The lowest BCUT2D eigenvalue weighted by Crippen LogP contribution is -2.24. The Hall–Kier alpha value is -1.58. The van der Waals surface area contributed by atoms with Crippen LogP contribution in [0.1, 0.15) is 23.5 Å². The van der Waals surface area contributed by atoms with Crippen LogP contribution >= 0.6 is 0 Å². The Kier molecular flexibility index (Phi) is 2.11. The quantitative estimate of drug-likeness (QED) is 0.705. The number of aryl methyl sites for hydroxylation is 1. The van der Waals surface area contributed by atoms with Gasteiger partial charge < -0.3 is 10.4 Å². The Morgan fingerprint density at radius 1 is 1.71 bits per heavy atom. The minimum Gasteiger partial charge on any atom is -0.481 e. The van der Waals surface area contributed by atoms with Gasteiger partial charge in [0, 0.05) is 18.3 Å². The molecule has 2 heterocycles. The van der Waals surface area contributed by atoms with E-state index < -0.39 is 11.9 Å². The van der Waals surface area contributed by atoms with E-state index in [9.17, 15) is 4.79 Å². The zero-order valence-corrected chi connectivity index (χ0v) is 7.95. The molecule has 4 nitrogen and oxygen atoms in total. The second-order valence-electron chi connectivity index (χ2n) is 3.50. The smallest absolute Gasteiger partial charge is 0.311 e. The monoisotopic (exact) mass is 192 g/mol. The molecule has 0 fully saturated rings. The first-order valence-electron chi connectivity index (χ1n) is 4.62. The largest absolute Gasteiger partial charge is 0.481 e. The van der Waals surface area contributed by atoms with Crippen molar-refractivity contribution in [3.05, 3.63) is 23.4 Å². The van der Waals surface area contributed by atoms with Gasteiger partial charge >= 0.3 is 5.97 Å². The normalized spacial score (nSPS) is 19.6. The average Bonchev–Trinajstić information content (AvgIpc) is 2.17. The number of carbonyl (C=O) groups is 1. The van der Waals surface area contributed by atoms with Crippen molar-refractivity contribution in [3.63, 3.8) is 0 Å². The van der Waals surface area contributed by atoms with Crippen molar-refractivity contribution in [3.8, 4) is 0 Å². The van der Waals surface area contributed by atoms with Crippen molar-refractivity contribution in [1.82, 2.24) is 4.98 Å². The molecule has 14 heavy (non-hydrogen) atoms. The first kappa shape index (κ1) is 8.99. The summed E-state index contributed by atoms with van der Waals surface area (Å²) in [6.45, 7) is 2.60. The van der Waals surface area contributed by atoms with Gasteiger partial charge in [-0.05, 0) is 25.0 Å². The molecular weight excluding hydrogens is 180 g/mol. The molecule has 0 radical (unpaired) electrons. The summed E-state index contributed by atoms with van der Waals surface area (Å²) in [5.74, 6) is -0.438. The Balaban J connectivity index is 2.52. The van der Waals surface area contributed by atoms with E-state index >= 15 is 0 Å². The maximum atomic E-state index is 11.0. The standard InChI is InChI=1S/C10H12N2O2/c1-6-2-4-11-9-8(6)7(10(13)14)3-5-12-9/h2,4,7H,3,5H2,1H3,(H,11,12)(H,13,14). The molecule has 2 rings (SSSR count). The van der Waals surface area contributed by atoms with Crippen LogP contribution in [-0.4, -0.2) is 22.6 Å². The lowest BCUT2D eigenvalue weighted by Gasteiger charge is -2.24. The summed E-state index contributed by atoms with van der Waals surface area (Å²) in [7, 11) is 0. The number of aromatic nitrogens is 1. The molecule has 0 spiro atoms. The van der Waals surface area contributed by atoms with Crippen molar-refractivity contribution in [2.75, 3.05) is 11.9 Å². The van der Waals surface area contributed by atoms with Crippen molar-refractivity contribution < 1.29 is 9.90 Å². The highest BCUT2D eigenvalue weighted by Gasteiger charge is 2.28. The molecule has 1 aliphatic rings. The van der Waals surface area contributed by atoms with Gasteiger partial charge in [0.1, 0.15) is 5.82 Å². The van der Waals surface area contributed by atoms with Crippen molar-refractivity contribution in [2.45, 2.75) is 19.3 Å². The van der Waals surface area contributed by atoms with E-state index in [4.69, 9.17) is 5.11 Å². The third-order valence-corrected chi connectivity index (χ3v) is 2.58. The SMILES string of the molecule is Cc1ccnc2c1C(C(=O)O)CCN2. The average molecular weight is 192 g/mol. The number of nitrogens with one attached hydrogen (secondary N) is 1. The van der Waals surface area contributed by atoms with E-state index in [1.165, 1.54) is 0 Å². The maximum absolute atomic E-state index is 11.0. The number of hydrogen-bond acceptors (Lipinski definition) is 3. The lowest BCUT2D eigenvalue weighted by atomic mass is 9.90. The van der Waals surface area contributed by atoms with Crippen molar-refractivity contribution in [1.29, 1.82) is 0 Å². The fourth-order valence-electron chi connectivity index (χ4n) is 1.88. The molecule has 0 saturated carbocycles. The molecule has 74 valence electrons. The number of nitrogens with zero attached hydrogens (tertiary/aromatic N) is 1. The summed E-state index contributed by atoms with van der Waals surface area (Å²) in [6.07, 6.45) is 2.33. The van der Waals surface area contributed by atoms with Crippen LogP contribution in [0.15, 0.2) is 12.3 Å². The topological polar surface area (TPSA) is 62.2 Å². The maximum Gasteiger partial charge on any atom is 0.311 e. The van der Waals surface area contributed by atoms with Crippen LogP contribution in [0.2, 0.25) is 0 Å². The number of pyridine rings is 1. The van der Waals surface area contributed by atoms with E-state index in [0.717, 1.165) is 16.9 Å². The van der Waals surface area contributed by atoms with Crippen LogP contribution in [0, 0.1) is 6.92 Å². The number of fused-ring (bicyclic) bond motifs is 1. The fraction of sp³-hybridized carbons (Fsp3) is 0.400. The first-order chi connectivity index (χ1) is 6.70. The van der Waals surface area contributed by atoms with Crippen LogP contribution in [0.4, 0.5) is 5.82 Å². The summed E-state index contributed by atoms with van der Waals surface area (Å²) in [5.41, 5.74) is 1.83. The van der Waals surface area contributed by atoms with Crippen molar-refractivity contribution >= 4 is 11.8 Å². The molecule has 0 aromatic carbocycles. The fourth-order valence-corrected chi connectivity index (χ4v) is 1.88. The number of carboxylic acids is 1. The number of carboxylic acid groups (broad SMARTS) is 1. The molecule has 1 atom stereocenters. The van der Waals surface area contributed by atoms with E-state index in [1.807, 2.05) is 13.0 Å². The van der Waals surface area contributed by atoms with Crippen LogP contribution in [0.3, 0.4) is 0 Å². The van der Waals surface area contributed by atoms with Crippen LogP contribution in [0.5, 0.6) is 0 Å². The van der Waals surface area contributed by atoms with Gasteiger partial charge in [0.25, 0.3) is 0 Å². The molecule has 1 unspecified atom stereocenters. The highest BCUT2D eigenvalue weighted by Crippen LogP contribution is 2.32. The third kappa shape index (κ3) is 1.32. The Labute approximate surface area is 82.0 Å². The van der Waals surface area contributed by atoms with Gasteiger partial charge in [-0.15, -0.1) is 0 Å². The van der Waals surface area contributed by atoms with Gasteiger partial charge in [-0.3, -0.25) is 4.79 Å². The molecule has 1 aromatic rings.